The highest BCUT2D eigenvalue weighted by atomic mass is 16.6. The molecule has 0 aliphatic carbocycles. The summed E-state index contributed by atoms with van der Waals surface area (Å²) in [6.07, 6.45) is 2.35. The van der Waals surface area contributed by atoms with Crippen LogP contribution in [0.25, 0.3) is 0 Å². The van der Waals surface area contributed by atoms with Crippen LogP contribution < -0.4 is 9.55 Å². The number of amides is 1. The molecular weight excluding hydrogens is 327 g/mol. The van der Waals surface area contributed by atoms with Crippen LogP contribution in [0.1, 0.15) is 26.3 Å². The lowest BCUT2D eigenvalue weighted by Gasteiger charge is -2.27. The zero-order valence-corrected chi connectivity index (χ0v) is 14.8. The lowest BCUT2D eigenvalue weighted by atomic mass is 10.2. The van der Waals surface area contributed by atoms with Crippen LogP contribution in [0.2, 0.25) is 0 Å². The normalized spacial score (nSPS) is 11.2. The van der Waals surface area contributed by atoms with E-state index >= 15 is 0 Å². The molecule has 0 unspecified atom stereocenters. The van der Waals surface area contributed by atoms with Crippen molar-refractivity contribution < 1.29 is 24.2 Å². The van der Waals surface area contributed by atoms with E-state index in [-0.39, 0.29) is 11.6 Å². The number of nitrogens with zero attached hydrogens (tertiary/aromatic N) is 4. The van der Waals surface area contributed by atoms with Crippen molar-refractivity contribution in [2.75, 3.05) is 4.90 Å². The maximum absolute atomic E-state index is 12.7. The monoisotopic (exact) mass is 348 g/mol. The zero-order valence-electron chi connectivity index (χ0n) is 14.8. The van der Waals surface area contributed by atoms with Gasteiger partial charge in [-0.3, -0.25) is 4.68 Å². The molecule has 0 saturated carbocycles. The second kappa shape index (κ2) is 7.12. The quantitative estimate of drug-likeness (QED) is 0.807. The molecule has 0 aromatic carbocycles. The Morgan fingerprint density at radius 3 is 2.56 bits per heavy atom. The summed E-state index contributed by atoms with van der Waals surface area (Å²) in [6, 6.07) is 3.05. The third kappa shape index (κ3) is 4.71. The predicted octanol–water partition coefficient (Wildman–Crippen LogP) is 1.55. The number of anilines is 2. The summed E-state index contributed by atoms with van der Waals surface area (Å²) < 4.78 is 11.9. The zero-order chi connectivity index (χ0) is 18.8. The van der Waals surface area contributed by atoms with E-state index in [0.717, 1.165) is 0 Å². The Labute approximate surface area is 146 Å². The summed E-state index contributed by atoms with van der Waals surface area (Å²) >= 11 is 0. The number of pyridine rings is 1. The minimum Gasteiger partial charge on any atom is -0.512 e. The van der Waals surface area contributed by atoms with Crippen LogP contribution in [-0.4, -0.2) is 43.8 Å². The summed E-state index contributed by atoms with van der Waals surface area (Å²) in [5, 5.41) is 22.1. The van der Waals surface area contributed by atoms with Gasteiger partial charge >= 0.3 is 13.4 Å². The number of rotatable bonds is 4. The Hall–Kier alpha value is -2.59. The van der Waals surface area contributed by atoms with Gasteiger partial charge in [-0.05, 0) is 27.7 Å². The third-order valence-electron chi connectivity index (χ3n) is 3.10. The molecular formula is C15H21BN4O5. The highest BCUT2D eigenvalue weighted by Crippen LogP contribution is 2.29. The summed E-state index contributed by atoms with van der Waals surface area (Å²) in [4.78, 5) is 18.2. The van der Waals surface area contributed by atoms with Gasteiger partial charge in [-0.25, -0.2) is 14.7 Å². The van der Waals surface area contributed by atoms with Crippen LogP contribution in [0.15, 0.2) is 24.5 Å². The Balaban J connectivity index is 2.49. The lowest BCUT2D eigenvalue weighted by molar-refractivity contribution is 0.0596. The average molecular weight is 348 g/mol. The Morgan fingerprint density at radius 1 is 1.36 bits per heavy atom. The van der Waals surface area contributed by atoms with Gasteiger partial charge in [0.25, 0.3) is 0 Å². The molecule has 0 atom stereocenters. The number of hydrogen-bond donors (Lipinski definition) is 2. The second-order valence-corrected chi connectivity index (χ2v) is 6.38. The fraction of sp³-hybridized carbons (Fsp3) is 0.400. The van der Waals surface area contributed by atoms with E-state index in [9.17, 15) is 4.79 Å². The van der Waals surface area contributed by atoms with Crippen molar-refractivity contribution in [1.82, 2.24) is 14.8 Å². The summed E-state index contributed by atoms with van der Waals surface area (Å²) in [5.41, 5.74) is -0.134. The molecule has 0 saturated heterocycles. The van der Waals surface area contributed by atoms with Crippen LogP contribution in [0.4, 0.5) is 16.4 Å². The van der Waals surface area contributed by atoms with E-state index in [0.29, 0.717) is 11.4 Å². The number of carbonyl (C=O) groups excluding carboxylic acids is 1. The molecule has 10 heteroatoms. The van der Waals surface area contributed by atoms with E-state index in [1.807, 2.05) is 0 Å². The molecule has 0 aliphatic rings. The fourth-order valence-corrected chi connectivity index (χ4v) is 2.06. The Bertz CT molecular complexity index is 757. The van der Waals surface area contributed by atoms with Gasteiger partial charge in [0.15, 0.2) is 0 Å². The molecule has 9 nitrogen and oxygen atoms in total. The topological polar surface area (TPSA) is 110 Å². The van der Waals surface area contributed by atoms with Crippen molar-refractivity contribution in [3.63, 3.8) is 0 Å². The van der Waals surface area contributed by atoms with Crippen molar-refractivity contribution in [1.29, 1.82) is 0 Å². The van der Waals surface area contributed by atoms with Gasteiger partial charge in [-0.2, -0.15) is 5.10 Å². The Morgan fingerprint density at radius 2 is 2.04 bits per heavy atom. The summed E-state index contributed by atoms with van der Waals surface area (Å²) in [7, 11) is -0.309. The predicted molar refractivity (Wildman–Crippen MR) is 91.4 cm³/mol. The van der Waals surface area contributed by atoms with Crippen molar-refractivity contribution in [3.05, 3.63) is 30.1 Å². The van der Waals surface area contributed by atoms with Crippen molar-refractivity contribution in [2.45, 2.75) is 33.3 Å². The SMILES string of the molecule is Cc1cnc(N(C(=O)OC(C)(C)C)c2ccnn2C)cc1OB(O)O. The van der Waals surface area contributed by atoms with Gasteiger partial charge in [0.1, 0.15) is 23.0 Å². The summed E-state index contributed by atoms with van der Waals surface area (Å²) in [6.45, 7) is 6.96. The van der Waals surface area contributed by atoms with Gasteiger partial charge in [0.2, 0.25) is 0 Å². The first-order chi connectivity index (χ1) is 11.6. The molecule has 2 rings (SSSR count). The van der Waals surface area contributed by atoms with E-state index in [4.69, 9.17) is 19.4 Å². The van der Waals surface area contributed by atoms with E-state index < -0.39 is 19.0 Å². The third-order valence-corrected chi connectivity index (χ3v) is 3.10. The molecule has 0 spiro atoms. The standard InChI is InChI=1S/C15H21BN4O5/c1-10-9-17-12(8-11(10)25-16(22)23)20(13-6-7-18-19(13)5)14(21)24-15(2,3)4/h6-9,22-23H,1-5H3. The van der Waals surface area contributed by atoms with E-state index in [1.54, 1.807) is 40.8 Å². The molecule has 0 bridgehead atoms. The van der Waals surface area contributed by atoms with Gasteiger partial charge in [0, 0.05) is 30.9 Å². The van der Waals surface area contributed by atoms with Crippen LogP contribution in [0.5, 0.6) is 5.75 Å². The number of carbonyl (C=O) groups is 1. The molecule has 25 heavy (non-hydrogen) atoms. The molecule has 2 aromatic rings. The van der Waals surface area contributed by atoms with Crippen LogP contribution in [0, 0.1) is 6.92 Å². The first-order valence-corrected chi connectivity index (χ1v) is 7.59. The molecule has 0 fully saturated rings. The number of hydrogen-bond acceptors (Lipinski definition) is 7. The second-order valence-electron chi connectivity index (χ2n) is 6.38. The number of ether oxygens (including phenoxy) is 1. The Kier molecular flexibility index (Phi) is 5.34. The number of aromatic nitrogens is 3. The first kappa shape index (κ1) is 18.7. The van der Waals surface area contributed by atoms with E-state index in [1.165, 1.54) is 28.0 Å². The van der Waals surface area contributed by atoms with Gasteiger partial charge in [-0.1, -0.05) is 0 Å². The van der Waals surface area contributed by atoms with Crippen molar-refractivity contribution in [3.8, 4) is 5.75 Å². The minimum atomic E-state index is -1.99. The lowest BCUT2D eigenvalue weighted by Crippen LogP contribution is -2.35. The first-order valence-electron chi connectivity index (χ1n) is 7.59. The molecule has 0 aliphatic heterocycles. The largest absolute Gasteiger partial charge is 0.707 e. The molecule has 1 amide bonds. The minimum absolute atomic E-state index is 0.177. The van der Waals surface area contributed by atoms with Crippen LogP contribution >= 0.6 is 0 Å². The fourth-order valence-electron chi connectivity index (χ4n) is 2.06. The van der Waals surface area contributed by atoms with Gasteiger partial charge in [-0.15, -0.1) is 0 Å². The summed E-state index contributed by atoms with van der Waals surface area (Å²) in [5.74, 6) is 0.802. The van der Waals surface area contributed by atoms with Crippen molar-refractivity contribution in [2.24, 2.45) is 7.05 Å². The molecule has 2 aromatic heterocycles. The van der Waals surface area contributed by atoms with Crippen molar-refractivity contribution >= 4 is 25.1 Å². The maximum Gasteiger partial charge on any atom is 0.707 e. The number of aryl methyl sites for hydroxylation is 2. The molecule has 2 N–H and O–H groups in total. The highest BCUT2D eigenvalue weighted by Gasteiger charge is 2.28. The molecule has 2 heterocycles. The molecule has 134 valence electrons. The van der Waals surface area contributed by atoms with Gasteiger partial charge < -0.3 is 19.4 Å². The van der Waals surface area contributed by atoms with Crippen LogP contribution in [0.3, 0.4) is 0 Å². The molecule has 0 radical (unpaired) electrons. The average Bonchev–Trinajstić information content (AvgIpc) is 2.86. The van der Waals surface area contributed by atoms with Crippen LogP contribution in [-0.2, 0) is 11.8 Å². The highest BCUT2D eigenvalue weighted by molar-refractivity contribution is 6.33. The van der Waals surface area contributed by atoms with Gasteiger partial charge in [0.05, 0.1) is 6.20 Å². The maximum atomic E-state index is 12.7. The van der Waals surface area contributed by atoms with E-state index in [2.05, 4.69) is 10.1 Å². The smallest absolute Gasteiger partial charge is 0.512 e.